The standard InChI is InChI=1S/C14H19FN2O4/c1-9(3-6-13(18)19)8-16-14(20)17-12-7-10(21-2)4-5-11(12)15/h4-5,7,9H,3,6,8H2,1-2H3,(H,18,19)(H2,16,17,20). The third-order valence-corrected chi connectivity index (χ3v) is 2.88. The number of rotatable bonds is 7. The van der Waals surface area contributed by atoms with Crippen LogP contribution in [0.15, 0.2) is 18.2 Å². The molecule has 21 heavy (non-hydrogen) atoms. The quantitative estimate of drug-likeness (QED) is 0.721. The summed E-state index contributed by atoms with van der Waals surface area (Å²) in [5.74, 6) is -0.988. The van der Waals surface area contributed by atoms with Crippen LogP contribution in [0.4, 0.5) is 14.9 Å². The van der Waals surface area contributed by atoms with Crippen LogP contribution in [0.1, 0.15) is 19.8 Å². The van der Waals surface area contributed by atoms with Gasteiger partial charge in [0.15, 0.2) is 0 Å². The Bertz CT molecular complexity index is 508. The van der Waals surface area contributed by atoms with E-state index in [1.54, 1.807) is 0 Å². The Morgan fingerprint density at radius 3 is 2.76 bits per heavy atom. The molecule has 0 saturated carbocycles. The van der Waals surface area contributed by atoms with E-state index in [0.29, 0.717) is 18.7 Å². The molecule has 116 valence electrons. The number of amides is 2. The number of ether oxygens (including phenoxy) is 1. The summed E-state index contributed by atoms with van der Waals surface area (Å²) in [7, 11) is 1.45. The van der Waals surface area contributed by atoms with Gasteiger partial charge >= 0.3 is 12.0 Å². The lowest BCUT2D eigenvalue weighted by atomic mass is 10.1. The lowest BCUT2D eigenvalue weighted by Crippen LogP contribution is -2.32. The lowest BCUT2D eigenvalue weighted by molar-refractivity contribution is -0.137. The third-order valence-electron chi connectivity index (χ3n) is 2.88. The van der Waals surface area contributed by atoms with E-state index in [1.165, 1.54) is 25.3 Å². The molecule has 2 amide bonds. The van der Waals surface area contributed by atoms with Crippen molar-refractivity contribution in [2.45, 2.75) is 19.8 Å². The molecule has 0 aromatic heterocycles. The second-order valence-electron chi connectivity index (χ2n) is 4.72. The molecule has 0 radical (unpaired) electrons. The number of aliphatic carboxylic acids is 1. The molecule has 1 unspecified atom stereocenters. The Morgan fingerprint density at radius 1 is 1.43 bits per heavy atom. The van der Waals surface area contributed by atoms with Crippen molar-refractivity contribution in [3.8, 4) is 5.75 Å². The zero-order chi connectivity index (χ0) is 15.8. The molecule has 3 N–H and O–H groups in total. The van der Waals surface area contributed by atoms with Crippen molar-refractivity contribution in [2.24, 2.45) is 5.92 Å². The Kier molecular flexibility index (Phi) is 6.45. The first-order valence-electron chi connectivity index (χ1n) is 6.52. The molecule has 1 aromatic carbocycles. The molecule has 0 fully saturated rings. The maximum absolute atomic E-state index is 13.5. The number of anilines is 1. The van der Waals surface area contributed by atoms with Gasteiger partial charge in [0, 0.05) is 19.0 Å². The zero-order valence-corrected chi connectivity index (χ0v) is 12.0. The number of nitrogens with one attached hydrogen (secondary N) is 2. The first-order valence-corrected chi connectivity index (χ1v) is 6.52. The molecule has 0 spiro atoms. The highest BCUT2D eigenvalue weighted by atomic mass is 19.1. The fourth-order valence-corrected chi connectivity index (χ4v) is 1.63. The number of urea groups is 1. The summed E-state index contributed by atoms with van der Waals surface area (Å²) in [5, 5.41) is 13.5. The summed E-state index contributed by atoms with van der Waals surface area (Å²) >= 11 is 0. The maximum atomic E-state index is 13.5. The van der Waals surface area contributed by atoms with E-state index in [-0.39, 0.29) is 18.0 Å². The highest BCUT2D eigenvalue weighted by molar-refractivity contribution is 5.89. The van der Waals surface area contributed by atoms with Crippen LogP contribution in [0.2, 0.25) is 0 Å². The summed E-state index contributed by atoms with van der Waals surface area (Å²) in [6.45, 7) is 2.14. The van der Waals surface area contributed by atoms with Crippen LogP contribution in [-0.4, -0.2) is 30.8 Å². The van der Waals surface area contributed by atoms with Gasteiger partial charge in [0.1, 0.15) is 11.6 Å². The number of benzene rings is 1. The van der Waals surface area contributed by atoms with Crippen LogP contribution in [-0.2, 0) is 4.79 Å². The monoisotopic (exact) mass is 298 g/mol. The summed E-state index contributed by atoms with van der Waals surface area (Å²) in [6, 6.07) is 3.48. The van der Waals surface area contributed by atoms with Gasteiger partial charge in [-0.2, -0.15) is 0 Å². The van der Waals surface area contributed by atoms with Crippen LogP contribution in [0, 0.1) is 11.7 Å². The SMILES string of the molecule is COc1ccc(F)c(NC(=O)NCC(C)CCC(=O)O)c1. The number of hydrogen-bond acceptors (Lipinski definition) is 3. The summed E-state index contributed by atoms with van der Waals surface area (Å²) in [6.07, 6.45) is 0.512. The molecule has 0 aliphatic heterocycles. The first kappa shape index (κ1) is 16.7. The molecule has 0 bridgehead atoms. The normalized spacial score (nSPS) is 11.6. The van der Waals surface area contributed by atoms with Gasteiger partial charge in [-0.05, 0) is 24.5 Å². The van der Waals surface area contributed by atoms with Gasteiger partial charge in [-0.15, -0.1) is 0 Å². The Labute approximate surface area is 122 Å². The molecule has 0 saturated heterocycles. The summed E-state index contributed by atoms with van der Waals surface area (Å²) in [4.78, 5) is 22.1. The minimum Gasteiger partial charge on any atom is -0.497 e. The highest BCUT2D eigenvalue weighted by Crippen LogP contribution is 2.20. The second-order valence-corrected chi connectivity index (χ2v) is 4.72. The van der Waals surface area contributed by atoms with E-state index in [0.717, 1.165) is 0 Å². The van der Waals surface area contributed by atoms with E-state index in [4.69, 9.17) is 9.84 Å². The summed E-state index contributed by atoms with van der Waals surface area (Å²) < 4.78 is 18.5. The summed E-state index contributed by atoms with van der Waals surface area (Å²) in [5.41, 5.74) is 0.0186. The van der Waals surface area contributed by atoms with E-state index in [9.17, 15) is 14.0 Å². The van der Waals surface area contributed by atoms with Crippen molar-refractivity contribution in [2.75, 3.05) is 19.0 Å². The second kappa shape index (κ2) is 8.08. The van der Waals surface area contributed by atoms with Gasteiger partial charge in [-0.1, -0.05) is 6.92 Å². The smallest absolute Gasteiger partial charge is 0.319 e. The van der Waals surface area contributed by atoms with Crippen molar-refractivity contribution in [3.63, 3.8) is 0 Å². The average Bonchev–Trinajstić information content (AvgIpc) is 2.45. The molecule has 0 aliphatic rings. The minimum atomic E-state index is -0.871. The topological polar surface area (TPSA) is 87.7 Å². The van der Waals surface area contributed by atoms with E-state index < -0.39 is 17.8 Å². The van der Waals surface area contributed by atoms with E-state index in [1.807, 2.05) is 6.92 Å². The predicted octanol–water partition coefficient (Wildman–Crippen LogP) is 2.46. The maximum Gasteiger partial charge on any atom is 0.319 e. The fraction of sp³-hybridized carbons (Fsp3) is 0.429. The van der Waals surface area contributed by atoms with Gasteiger partial charge in [-0.3, -0.25) is 4.79 Å². The lowest BCUT2D eigenvalue weighted by Gasteiger charge is -2.13. The van der Waals surface area contributed by atoms with Gasteiger partial charge in [0.2, 0.25) is 0 Å². The van der Waals surface area contributed by atoms with Crippen molar-refractivity contribution >= 4 is 17.7 Å². The predicted molar refractivity (Wildman–Crippen MR) is 76.0 cm³/mol. The highest BCUT2D eigenvalue weighted by Gasteiger charge is 2.10. The molecule has 0 aliphatic carbocycles. The Balaban J connectivity index is 2.45. The van der Waals surface area contributed by atoms with Crippen LogP contribution in [0.25, 0.3) is 0 Å². The number of carbonyl (C=O) groups excluding carboxylic acids is 1. The van der Waals surface area contributed by atoms with Gasteiger partial charge < -0.3 is 20.5 Å². The number of hydrogen-bond donors (Lipinski definition) is 3. The van der Waals surface area contributed by atoms with Crippen molar-refractivity contribution in [1.82, 2.24) is 5.32 Å². The largest absolute Gasteiger partial charge is 0.497 e. The molecule has 1 rings (SSSR count). The van der Waals surface area contributed by atoms with Crippen molar-refractivity contribution in [1.29, 1.82) is 0 Å². The van der Waals surface area contributed by atoms with Crippen LogP contribution < -0.4 is 15.4 Å². The van der Waals surface area contributed by atoms with Gasteiger partial charge in [0.05, 0.1) is 12.8 Å². The van der Waals surface area contributed by atoms with Crippen LogP contribution in [0.5, 0.6) is 5.75 Å². The molecule has 7 heteroatoms. The van der Waals surface area contributed by atoms with Crippen LogP contribution in [0.3, 0.4) is 0 Å². The third kappa shape index (κ3) is 6.11. The number of carbonyl (C=O) groups is 2. The zero-order valence-electron chi connectivity index (χ0n) is 12.0. The molecule has 0 heterocycles. The van der Waals surface area contributed by atoms with E-state index in [2.05, 4.69) is 10.6 Å². The Morgan fingerprint density at radius 2 is 2.14 bits per heavy atom. The molecular formula is C14H19FN2O4. The Hall–Kier alpha value is -2.31. The number of methoxy groups -OCH3 is 1. The molecule has 1 atom stereocenters. The van der Waals surface area contributed by atoms with Crippen molar-refractivity contribution in [3.05, 3.63) is 24.0 Å². The number of carboxylic acids is 1. The minimum absolute atomic E-state index is 0.0157. The van der Waals surface area contributed by atoms with E-state index >= 15 is 0 Å². The van der Waals surface area contributed by atoms with Crippen molar-refractivity contribution < 1.29 is 23.8 Å². The number of halogens is 1. The molecule has 6 nitrogen and oxygen atoms in total. The molecular weight excluding hydrogens is 279 g/mol. The van der Waals surface area contributed by atoms with Gasteiger partial charge in [0.25, 0.3) is 0 Å². The average molecular weight is 298 g/mol. The van der Waals surface area contributed by atoms with Crippen LogP contribution >= 0.6 is 0 Å². The first-order chi connectivity index (χ1) is 9.92. The number of carboxylic acid groups (broad SMARTS) is 1. The molecule has 1 aromatic rings. The van der Waals surface area contributed by atoms with Gasteiger partial charge in [-0.25, -0.2) is 9.18 Å². The fourth-order valence-electron chi connectivity index (χ4n) is 1.63.